The van der Waals surface area contributed by atoms with Crippen LogP contribution in [0.4, 0.5) is 0 Å². The first-order valence-electron chi connectivity index (χ1n) is 9.81. The minimum absolute atomic E-state index is 0.0565. The lowest BCUT2D eigenvalue weighted by Gasteiger charge is -2.31. The van der Waals surface area contributed by atoms with E-state index in [2.05, 4.69) is 9.97 Å². The number of piperidine rings is 1. The highest BCUT2D eigenvalue weighted by molar-refractivity contribution is 7.89. The summed E-state index contributed by atoms with van der Waals surface area (Å²) in [5.74, 6) is -0.238. The van der Waals surface area contributed by atoms with Crippen LogP contribution in [0.2, 0.25) is 0 Å². The van der Waals surface area contributed by atoms with Crippen LogP contribution in [0.25, 0.3) is 10.6 Å². The molecular weight excluding hydrogens is 438 g/mol. The number of ketones is 1. The molecule has 0 bridgehead atoms. The Kier molecular flexibility index (Phi) is 6.15. The Morgan fingerprint density at radius 3 is 2.67 bits per heavy atom. The number of hydrogen-bond acceptors (Lipinski definition) is 7. The Morgan fingerprint density at radius 2 is 1.97 bits per heavy atom. The average Bonchev–Trinajstić information content (AvgIpc) is 3.34. The van der Waals surface area contributed by atoms with Crippen molar-refractivity contribution in [2.45, 2.75) is 38.0 Å². The van der Waals surface area contributed by atoms with Gasteiger partial charge < -0.3 is 0 Å². The summed E-state index contributed by atoms with van der Waals surface area (Å²) < 4.78 is 27.3. The summed E-state index contributed by atoms with van der Waals surface area (Å²) in [6, 6.07) is 8.42. The summed E-state index contributed by atoms with van der Waals surface area (Å²) in [4.78, 5) is 23.3. The molecule has 2 aromatic heterocycles. The van der Waals surface area contributed by atoms with Crippen molar-refractivity contribution < 1.29 is 13.2 Å². The molecule has 9 heteroatoms. The molecule has 30 heavy (non-hydrogen) atoms. The largest absolute Gasteiger partial charge is 0.299 e. The molecule has 1 fully saturated rings. The minimum atomic E-state index is -3.57. The smallest absolute Gasteiger partial charge is 0.243 e. The summed E-state index contributed by atoms with van der Waals surface area (Å²) in [6.07, 6.45) is 1.64. The highest BCUT2D eigenvalue weighted by Crippen LogP contribution is 2.31. The van der Waals surface area contributed by atoms with Crippen LogP contribution in [-0.2, 0) is 21.2 Å². The van der Waals surface area contributed by atoms with Gasteiger partial charge in [-0.2, -0.15) is 4.31 Å². The van der Waals surface area contributed by atoms with Gasteiger partial charge in [0.25, 0.3) is 0 Å². The number of Topliss-reactive ketones (excluding diaryl/α,β-unsaturated/α-hetero) is 1. The molecule has 0 N–H and O–H groups in total. The number of aromatic nitrogens is 2. The maximum absolute atomic E-state index is 12.9. The second-order valence-corrected chi connectivity index (χ2v) is 11.5. The highest BCUT2D eigenvalue weighted by Gasteiger charge is 2.33. The predicted molar refractivity (Wildman–Crippen MR) is 119 cm³/mol. The fourth-order valence-corrected chi connectivity index (χ4v) is 7.02. The zero-order chi connectivity index (χ0) is 21.3. The van der Waals surface area contributed by atoms with Gasteiger partial charge in [0.1, 0.15) is 10.8 Å². The van der Waals surface area contributed by atoms with Crippen molar-refractivity contribution in [3.8, 4) is 10.6 Å². The first-order chi connectivity index (χ1) is 14.3. The maximum Gasteiger partial charge on any atom is 0.243 e. The number of sulfonamides is 1. The third-order valence-corrected chi connectivity index (χ3v) is 9.06. The van der Waals surface area contributed by atoms with Gasteiger partial charge in [0.15, 0.2) is 0 Å². The molecule has 4 rings (SSSR count). The van der Waals surface area contributed by atoms with Gasteiger partial charge in [0.2, 0.25) is 10.0 Å². The molecule has 1 aromatic carbocycles. The van der Waals surface area contributed by atoms with Gasteiger partial charge in [0.05, 0.1) is 32.6 Å². The number of aryl methyl sites for hydroxylation is 2. The molecule has 1 saturated heterocycles. The number of benzene rings is 1. The van der Waals surface area contributed by atoms with E-state index >= 15 is 0 Å². The molecule has 1 aliphatic rings. The van der Waals surface area contributed by atoms with E-state index in [1.807, 2.05) is 19.2 Å². The van der Waals surface area contributed by atoms with E-state index in [4.69, 9.17) is 0 Å². The molecular formula is C21H23N3O3S3. The lowest BCUT2D eigenvalue weighted by Crippen LogP contribution is -2.42. The zero-order valence-electron chi connectivity index (χ0n) is 16.9. The second kappa shape index (κ2) is 8.66. The van der Waals surface area contributed by atoms with Crippen molar-refractivity contribution in [1.29, 1.82) is 0 Å². The Bertz CT molecular complexity index is 1150. The molecule has 6 nitrogen and oxygen atoms in total. The lowest BCUT2D eigenvalue weighted by molar-refractivity contribution is -0.123. The monoisotopic (exact) mass is 461 g/mol. The van der Waals surface area contributed by atoms with Gasteiger partial charge in [-0.3, -0.25) is 4.79 Å². The van der Waals surface area contributed by atoms with Crippen LogP contribution < -0.4 is 0 Å². The Labute approximate surface area is 184 Å². The summed E-state index contributed by atoms with van der Waals surface area (Å²) >= 11 is 3.08. The van der Waals surface area contributed by atoms with Crippen LogP contribution in [-0.4, -0.2) is 41.6 Å². The molecule has 0 spiro atoms. The fourth-order valence-electron chi connectivity index (χ4n) is 3.72. The quantitative estimate of drug-likeness (QED) is 0.552. The van der Waals surface area contributed by atoms with Crippen molar-refractivity contribution in [1.82, 2.24) is 14.3 Å². The van der Waals surface area contributed by atoms with Gasteiger partial charge in [-0.1, -0.05) is 18.2 Å². The lowest BCUT2D eigenvalue weighted by atomic mass is 9.93. The van der Waals surface area contributed by atoms with Gasteiger partial charge in [0, 0.05) is 24.4 Å². The van der Waals surface area contributed by atoms with Crippen molar-refractivity contribution in [2.75, 3.05) is 13.1 Å². The summed E-state index contributed by atoms with van der Waals surface area (Å²) in [5.41, 5.74) is 1.82. The molecule has 1 atom stereocenters. The van der Waals surface area contributed by atoms with Gasteiger partial charge in [-0.05, 0) is 38.8 Å². The summed E-state index contributed by atoms with van der Waals surface area (Å²) in [6.45, 7) is 4.62. The molecule has 0 aliphatic carbocycles. The Morgan fingerprint density at radius 1 is 1.20 bits per heavy atom. The van der Waals surface area contributed by atoms with Crippen molar-refractivity contribution in [3.63, 3.8) is 0 Å². The summed E-state index contributed by atoms with van der Waals surface area (Å²) in [7, 11) is -3.57. The first-order valence-corrected chi connectivity index (χ1v) is 12.9. The van der Waals surface area contributed by atoms with Crippen molar-refractivity contribution in [3.05, 3.63) is 51.4 Å². The van der Waals surface area contributed by atoms with Gasteiger partial charge in [-0.15, -0.1) is 22.7 Å². The van der Waals surface area contributed by atoms with Gasteiger partial charge >= 0.3 is 0 Å². The number of nitrogens with zero attached hydrogens (tertiary/aromatic N) is 3. The van der Waals surface area contributed by atoms with Crippen LogP contribution >= 0.6 is 22.7 Å². The molecule has 0 amide bonds. The molecule has 1 aliphatic heterocycles. The maximum atomic E-state index is 12.9. The predicted octanol–water partition coefficient (Wildman–Crippen LogP) is 4.10. The standard InChI is InChI=1S/C21H23N3O3S3/c1-14-21(29-15(2)22-14)18-13-28-20(23-18)11-19(25)16-7-6-10-24(12-16)30(26,27)17-8-4-3-5-9-17/h3-5,8-9,13,16H,6-7,10-12H2,1-2H3. The van der Waals surface area contributed by atoms with Crippen LogP contribution in [0.3, 0.4) is 0 Å². The molecule has 0 saturated carbocycles. The average molecular weight is 462 g/mol. The van der Waals surface area contributed by atoms with E-state index in [-0.39, 0.29) is 29.6 Å². The van der Waals surface area contributed by atoms with Crippen LogP contribution in [0, 0.1) is 19.8 Å². The molecule has 1 unspecified atom stereocenters. The summed E-state index contributed by atoms with van der Waals surface area (Å²) in [5, 5.41) is 3.73. The van der Waals surface area contributed by atoms with E-state index in [1.165, 1.54) is 15.6 Å². The number of carbonyl (C=O) groups is 1. The fraction of sp³-hybridized carbons (Fsp3) is 0.381. The SMILES string of the molecule is Cc1nc(C)c(-c2csc(CC(=O)C3CCCN(S(=O)(=O)c4ccccc4)C3)n2)s1. The van der Waals surface area contributed by atoms with E-state index in [0.29, 0.717) is 19.4 Å². The van der Waals surface area contributed by atoms with E-state index < -0.39 is 10.0 Å². The van der Waals surface area contributed by atoms with E-state index in [9.17, 15) is 13.2 Å². The molecule has 0 radical (unpaired) electrons. The second-order valence-electron chi connectivity index (χ2n) is 7.43. The number of thiazole rings is 2. The van der Waals surface area contributed by atoms with E-state index in [0.717, 1.165) is 26.3 Å². The number of rotatable bonds is 6. The van der Waals surface area contributed by atoms with Gasteiger partial charge in [-0.25, -0.2) is 18.4 Å². The molecule has 158 valence electrons. The molecule has 3 aromatic rings. The third kappa shape index (κ3) is 4.39. The van der Waals surface area contributed by atoms with Crippen LogP contribution in [0.1, 0.15) is 28.6 Å². The van der Waals surface area contributed by atoms with Crippen LogP contribution in [0.15, 0.2) is 40.6 Å². The Balaban J connectivity index is 1.45. The topological polar surface area (TPSA) is 80.2 Å². The van der Waals surface area contributed by atoms with Crippen molar-refractivity contribution in [2.24, 2.45) is 5.92 Å². The van der Waals surface area contributed by atoms with Crippen molar-refractivity contribution >= 4 is 38.5 Å². The minimum Gasteiger partial charge on any atom is -0.299 e. The highest BCUT2D eigenvalue weighted by atomic mass is 32.2. The molecule has 3 heterocycles. The normalized spacial score (nSPS) is 17.9. The first kappa shape index (κ1) is 21.3. The van der Waals surface area contributed by atoms with Crippen LogP contribution in [0.5, 0.6) is 0 Å². The zero-order valence-corrected chi connectivity index (χ0v) is 19.3. The third-order valence-electron chi connectivity index (χ3n) is 5.23. The Hall–Kier alpha value is -1.94. The number of carbonyl (C=O) groups excluding carboxylic acids is 1. The van der Waals surface area contributed by atoms with E-state index in [1.54, 1.807) is 41.7 Å². The number of hydrogen-bond donors (Lipinski definition) is 0.